The first kappa shape index (κ1) is 24.1. The van der Waals surface area contributed by atoms with Gasteiger partial charge in [0.15, 0.2) is 0 Å². The molecule has 1 heterocycles. The Balaban J connectivity index is 1.80. The van der Waals surface area contributed by atoms with E-state index in [0.717, 1.165) is 51.8 Å². The van der Waals surface area contributed by atoms with Gasteiger partial charge in [-0.25, -0.2) is 4.98 Å². The third-order valence-electron chi connectivity index (χ3n) is 5.75. The lowest BCUT2D eigenvalue weighted by Gasteiger charge is -2.23. The number of ether oxygens (including phenoxy) is 1. The number of fused-ring (bicyclic) bond motifs is 1. The van der Waals surface area contributed by atoms with Crippen molar-refractivity contribution in [2.24, 2.45) is 10.5 Å². The van der Waals surface area contributed by atoms with Crippen molar-refractivity contribution >= 4 is 49.0 Å². The van der Waals surface area contributed by atoms with E-state index in [-0.39, 0.29) is 16.9 Å². The van der Waals surface area contributed by atoms with Gasteiger partial charge in [-0.2, -0.15) is 9.78 Å². The third-order valence-corrected chi connectivity index (χ3v) is 6.74. The largest absolute Gasteiger partial charge is 0.492 e. The maximum Gasteiger partial charge on any atom is 0.282 e. The van der Waals surface area contributed by atoms with E-state index >= 15 is 0 Å². The summed E-state index contributed by atoms with van der Waals surface area (Å²) in [5, 5.41) is 5.23. The molecule has 2 aromatic carbocycles. The molecule has 174 valence electrons. The summed E-state index contributed by atoms with van der Waals surface area (Å²) in [6.07, 6.45) is 7.30. The van der Waals surface area contributed by atoms with Gasteiger partial charge in [0, 0.05) is 20.4 Å². The van der Waals surface area contributed by atoms with Crippen LogP contribution in [-0.2, 0) is 0 Å². The van der Waals surface area contributed by atoms with Crippen LogP contribution in [0.15, 0.2) is 55.2 Å². The molecule has 1 aliphatic rings. The van der Waals surface area contributed by atoms with Crippen molar-refractivity contribution in [2.75, 3.05) is 6.61 Å². The van der Waals surface area contributed by atoms with Crippen LogP contribution in [0.1, 0.15) is 70.2 Å². The van der Waals surface area contributed by atoms with Crippen molar-refractivity contribution in [3.63, 3.8) is 0 Å². The molecule has 1 fully saturated rings. The lowest BCUT2D eigenvalue weighted by atomic mass is 9.88. The SMILES string of the molecule is CC(C)(C)COc1ccc(Br)cc1C=Nn1c(C2CCCCC2)nc2ccc(Br)cc2c1=O. The van der Waals surface area contributed by atoms with Gasteiger partial charge in [0.05, 0.1) is 23.7 Å². The Kier molecular flexibility index (Phi) is 7.39. The van der Waals surface area contributed by atoms with Gasteiger partial charge < -0.3 is 4.74 Å². The zero-order chi connectivity index (χ0) is 23.6. The fourth-order valence-electron chi connectivity index (χ4n) is 4.07. The third kappa shape index (κ3) is 5.93. The van der Waals surface area contributed by atoms with E-state index in [4.69, 9.17) is 9.72 Å². The van der Waals surface area contributed by atoms with Gasteiger partial charge in [0.1, 0.15) is 11.6 Å². The van der Waals surface area contributed by atoms with Crippen LogP contribution in [0.3, 0.4) is 0 Å². The second-order valence-corrected chi connectivity index (χ2v) is 11.7. The fourth-order valence-corrected chi connectivity index (χ4v) is 4.81. The molecular formula is C26H29Br2N3O2. The van der Waals surface area contributed by atoms with E-state index in [0.29, 0.717) is 17.5 Å². The van der Waals surface area contributed by atoms with Gasteiger partial charge in [-0.05, 0) is 54.7 Å². The summed E-state index contributed by atoms with van der Waals surface area (Å²) in [5.41, 5.74) is 1.41. The van der Waals surface area contributed by atoms with Crippen LogP contribution in [0.25, 0.3) is 10.9 Å². The molecule has 0 saturated heterocycles. The summed E-state index contributed by atoms with van der Waals surface area (Å²) in [4.78, 5) is 18.4. The molecule has 1 aliphatic carbocycles. The second-order valence-electron chi connectivity index (χ2n) is 9.86. The molecule has 0 unspecified atom stereocenters. The first-order valence-electron chi connectivity index (χ1n) is 11.4. The van der Waals surface area contributed by atoms with Crippen LogP contribution in [0.2, 0.25) is 0 Å². The molecule has 0 amide bonds. The highest BCUT2D eigenvalue weighted by atomic mass is 79.9. The Labute approximate surface area is 211 Å². The number of rotatable bonds is 5. The molecule has 33 heavy (non-hydrogen) atoms. The highest BCUT2D eigenvalue weighted by Crippen LogP contribution is 2.32. The van der Waals surface area contributed by atoms with Crippen molar-refractivity contribution in [2.45, 2.75) is 58.8 Å². The Hall–Kier alpha value is -1.99. The number of halogens is 2. The zero-order valence-corrected chi connectivity index (χ0v) is 22.4. The van der Waals surface area contributed by atoms with Crippen LogP contribution in [0.5, 0.6) is 5.75 Å². The summed E-state index contributed by atoms with van der Waals surface area (Å²) in [5.74, 6) is 1.72. The van der Waals surface area contributed by atoms with Gasteiger partial charge in [-0.1, -0.05) is 71.9 Å². The van der Waals surface area contributed by atoms with Gasteiger partial charge in [-0.15, -0.1) is 0 Å². The molecule has 5 nitrogen and oxygen atoms in total. The summed E-state index contributed by atoms with van der Waals surface area (Å²) >= 11 is 7.02. The van der Waals surface area contributed by atoms with Crippen LogP contribution >= 0.6 is 31.9 Å². The molecular weight excluding hydrogens is 546 g/mol. The molecule has 0 atom stereocenters. The van der Waals surface area contributed by atoms with Gasteiger partial charge in [0.2, 0.25) is 0 Å². The highest BCUT2D eigenvalue weighted by Gasteiger charge is 2.22. The number of aromatic nitrogens is 2. The normalized spacial score (nSPS) is 15.4. The Morgan fingerprint density at radius 2 is 1.79 bits per heavy atom. The van der Waals surface area contributed by atoms with Crippen molar-refractivity contribution in [3.8, 4) is 5.75 Å². The lowest BCUT2D eigenvalue weighted by Crippen LogP contribution is -2.25. The molecule has 1 aromatic heterocycles. The molecule has 0 spiro atoms. The van der Waals surface area contributed by atoms with Gasteiger partial charge in [0.25, 0.3) is 5.56 Å². The van der Waals surface area contributed by atoms with Crippen molar-refractivity contribution in [1.82, 2.24) is 9.66 Å². The standard InChI is InChI=1S/C26H29Br2N3O2/c1-26(2,3)16-33-23-12-10-19(27)13-18(23)15-29-31-24(17-7-5-4-6-8-17)30-22-11-9-20(28)14-21(22)25(31)32/h9-15,17H,4-8,16H2,1-3H3. The van der Waals surface area contributed by atoms with E-state index in [1.807, 2.05) is 36.4 Å². The van der Waals surface area contributed by atoms with Crippen LogP contribution in [0.4, 0.5) is 0 Å². The maximum absolute atomic E-state index is 13.5. The predicted molar refractivity (Wildman–Crippen MR) is 142 cm³/mol. The zero-order valence-electron chi connectivity index (χ0n) is 19.3. The number of hydrogen-bond acceptors (Lipinski definition) is 4. The van der Waals surface area contributed by atoms with E-state index < -0.39 is 0 Å². The van der Waals surface area contributed by atoms with E-state index in [2.05, 4.69) is 57.7 Å². The first-order chi connectivity index (χ1) is 15.7. The van der Waals surface area contributed by atoms with Crippen molar-refractivity contribution < 1.29 is 4.74 Å². The minimum atomic E-state index is -0.148. The van der Waals surface area contributed by atoms with Gasteiger partial charge >= 0.3 is 0 Å². The van der Waals surface area contributed by atoms with Gasteiger partial charge in [-0.3, -0.25) is 4.79 Å². The molecule has 0 bridgehead atoms. The van der Waals surface area contributed by atoms with Crippen LogP contribution < -0.4 is 10.3 Å². The van der Waals surface area contributed by atoms with E-state index in [9.17, 15) is 4.79 Å². The smallest absolute Gasteiger partial charge is 0.282 e. The minimum absolute atomic E-state index is 0.0300. The highest BCUT2D eigenvalue weighted by molar-refractivity contribution is 9.10. The average Bonchev–Trinajstić information content (AvgIpc) is 2.78. The summed E-state index contributed by atoms with van der Waals surface area (Å²) in [6.45, 7) is 6.98. The molecule has 0 radical (unpaired) electrons. The summed E-state index contributed by atoms with van der Waals surface area (Å²) in [6, 6.07) is 11.5. The molecule has 1 saturated carbocycles. The Morgan fingerprint density at radius 3 is 2.52 bits per heavy atom. The van der Waals surface area contributed by atoms with Crippen molar-refractivity contribution in [1.29, 1.82) is 0 Å². The van der Waals surface area contributed by atoms with E-state index in [1.54, 1.807) is 6.21 Å². The lowest BCUT2D eigenvalue weighted by molar-refractivity contribution is 0.197. The number of hydrogen-bond donors (Lipinski definition) is 0. The Morgan fingerprint density at radius 1 is 1.09 bits per heavy atom. The topological polar surface area (TPSA) is 56.5 Å². The maximum atomic E-state index is 13.5. The fraction of sp³-hybridized carbons (Fsp3) is 0.423. The molecule has 3 aromatic rings. The number of nitrogens with zero attached hydrogens (tertiary/aromatic N) is 3. The van der Waals surface area contributed by atoms with Crippen LogP contribution in [0, 0.1) is 5.41 Å². The van der Waals surface area contributed by atoms with E-state index in [1.165, 1.54) is 11.1 Å². The van der Waals surface area contributed by atoms with Crippen molar-refractivity contribution in [3.05, 3.63) is 67.1 Å². The minimum Gasteiger partial charge on any atom is -0.492 e. The first-order valence-corrected chi connectivity index (χ1v) is 13.0. The predicted octanol–water partition coefficient (Wildman–Crippen LogP) is 7.28. The Bertz CT molecular complexity index is 1240. The van der Waals surface area contributed by atoms with Crippen LogP contribution in [-0.4, -0.2) is 22.5 Å². The monoisotopic (exact) mass is 573 g/mol. The quantitative estimate of drug-likeness (QED) is 0.301. The second kappa shape index (κ2) is 10.1. The summed E-state index contributed by atoms with van der Waals surface area (Å²) < 4.78 is 9.36. The molecule has 4 rings (SSSR count). The summed E-state index contributed by atoms with van der Waals surface area (Å²) in [7, 11) is 0. The number of benzene rings is 2. The molecule has 7 heteroatoms. The molecule has 0 aliphatic heterocycles. The molecule has 0 N–H and O–H groups in total. The average molecular weight is 575 g/mol.